The molecule has 29 heavy (non-hydrogen) atoms. The van der Waals surface area contributed by atoms with Crippen molar-refractivity contribution in [3.05, 3.63) is 65.7 Å². The first-order valence-electron chi connectivity index (χ1n) is 9.42. The maximum absolute atomic E-state index is 13.8. The summed E-state index contributed by atoms with van der Waals surface area (Å²) in [6.45, 7) is 6.17. The molecule has 0 atom stereocenters. The largest absolute Gasteiger partial charge is 0.494 e. The van der Waals surface area contributed by atoms with Crippen LogP contribution in [-0.2, 0) is 16.6 Å². The Morgan fingerprint density at radius 2 is 2.00 bits per heavy atom. The number of rotatable bonds is 6. The lowest BCUT2D eigenvalue weighted by Crippen LogP contribution is -2.16. The number of hydrogen-bond donors (Lipinski definition) is 1. The Labute approximate surface area is 169 Å². The summed E-state index contributed by atoms with van der Waals surface area (Å²) in [5.41, 5.74) is 1.39. The molecule has 0 aliphatic rings. The fraction of sp³-hybridized carbons (Fsp3) is 0.318. The van der Waals surface area contributed by atoms with Crippen LogP contribution in [-0.4, -0.2) is 27.8 Å². The number of anilines is 1. The number of nitrogens with one attached hydrogen (secondary N) is 1. The summed E-state index contributed by atoms with van der Waals surface area (Å²) in [5, 5.41) is 7.54. The van der Waals surface area contributed by atoms with Crippen LogP contribution in [0.1, 0.15) is 38.4 Å². The van der Waals surface area contributed by atoms with Crippen molar-refractivity contribution >= 4 is 11.7 Å². The number of halogens is 1. The van der Waals surface area contributed by atoms with Crippen molar-refractivity contribution in [2.24, 2.45) is 0 Å². The molecule has 0 spiro atoms. The first kappa shape index (κ1) is 20.5. The average molecular weight is 396 g/mol. The van der Waals surface area contributed by atoms with Gasteiger partial charge in [-0.3, -0.25) is 4.79 Å². The Morgan fingerprint density at radius 3 is 2.62 bits per heavy atom. The summed E-state index contributed by atoms with van der Waals surface area (Å²) in [6.07, 6.45) is 2.30. The second-order valence-electron chi connectivity index (χ2n) is 7.78. The molecule has 3 aromatic rings. The van der Waals surface area contributed by atoms with Gasteiger partial charge in [0.2, 0.25) is 5.91 Å². The monoisotopic (exact) mass is 396 g/mol. The SMILES string of the molecule is COc1ccc(CCC(=O)Nc2cc(C(C)(C)C)nn2-c2ccccn2)cc1F. The molecule has 2 aromatic heterocycles. The van der Waals surface area contributed by atoms with Crippen molar-refractivity contribution in [2.75, 3.05) is 12.4 Å². The summed E-state index contributed by atoms with van der Waals surface area (Å²) in [6, 6.07) is 12.1. The van der Waals surface area contributed by atoms with E-state index in [4.69, 9.17) is 4.74 Å². The number of ether oxygens (including phenoxy) is 1. The predicted molar refractivity (Wildman–Crippen MR) is 110 cm³/mol. The first-order valence-corrected chi connectivity index (χ1v) is 9.42. The van der Waals surface area contributed by atoms with Gasteiger partial charge in [-0.15, -0.1) is 0 Å². The van der Waals surface area contributed by atoms with Crippen molar-refractivity contribution in [2.45, 2.75) is 39.0 Å². The van der Waals surface area contributed by atoms with Gasteiger partial charge >= 0.3 is 0 Å². The van der Waals surface area contributed by atoms with E-state index >= 15 is 0 Å². The van der Waals surface area contributed by atoms with Crippen molar-refractivity contribution in [3.63, 3.8) is 0 Å². The first-order chi connectivity index (χ1) is 13.8. The maximum Gasteiger partial charge on any atom is 0.225 e. The zero-order chi connectivity index (χ0) is 21.0. The molecule has 7 heteroatoms. The third-order valence-electron chi connectivity index (χ3n) is 4.47. The van der Waals surface area contributed by atoms with Crippen molar-refractivity contribution in [1.82, 2.24) is 14.8 Å². The highest BCUT2D eigenvalue weighted by Gasteiger charge is 2.21. The van der Waals surface area contributed by atoms with Crippen LogP contribution < -0.4 is 10.1 Å². The van der Waals surface area contributed by atoms with Crippen LogP contribution in [0.15, 0.2) is 48.7 Å². The van der Waals surface area contributed by atoms with E-state index in [1.807, 2.05) is 24.3 Å². The second kappa shape index (κ2) is 8.43. The van der Waals surface area contributed by atoms with E-state index in [1.54, 1.807) is 23.0 Å². The van der Waals surface area contributed by atoms with Gasteiger partial charge in [-0.05, 0) is 36.2 Å². The van der Waals surface area contributed by atoms with Crippen LogP contribution in [0.3, 0.4) is 0 Å². The van der Waals surface area contributed by atoms with E-state index in [2.05, 4.69) is 36.2 Å². The van der Waals surface area contributed by atoms with Crippen LogP contribution in [0.4, 0.5) is 10.2 Å². The van der Waals surface area contributed by atoms with Gasteiger partial charge in [0.1, 0.15) is 5.82 Å². The fourth-order valence-corrected chi connectivity index (χ4v) is 2.82. The number of carbonyl (C=O) groups is 1. The van der Waals surface area contributed by atoms with Gasteiger partial charge in [-0.2, -0.15) is 9.78 Å². The van der Waals surface area contributed by atoms with E-state index in [-0.39, 0.29) is 23.5 Å². The summed E-state index contributed by atoms with van der Waals surface area (Å²) in [7, 11) is 1.42. The maximum atomic E-state index is 13.8. The number of hydrogen-bond acceptors (Lipinski definition) is 4. The fourth-order valence-electron chi connectivity index (χ4n) is 2.82. The molecular formula is C22H25FN4O2. The topological polar surface area (TPSA) is 69.0 Å². The van der Waals surface area contributed by atoms with Crippen LogP contribution in [0.2, 0.25) is 0 Å². The molecule has 1 amide bonds. The molecule has 152 valence electrons. The smallest absolute Gasteiger partial charge is 0.225 e. The number of aryl methyl sites for hydroxylation is 1. The van der Waals surface area contributed by atoms with Gasteiger partial charge in [0, 0.05) is 24.1 Å². The Bertz CT molecular complexity index is 994. The van der Waals surface area contributed by atoms with Gasteiger partial charge in [0.15, 0.2) is 17.4 Å². The number of amides is 1. The number of aromatic nitrogens is 3. The normalized spacial score (nSPS) is 11.3. The summed E-state index contributed by atoms with van der Waals surface area (Å²) >= 11 is 0. The van der Waals surface area contributed by atoms with E-state index < -0.39 is 5.82 Å². The highest BCUT2D eigenvalue weighted by molar-refractivity contribution is 5.90. The van der Waals surface area contributed by atoms with Gasteiger partial charge in [0.05, 0.1) is 12.8 Å². The highest BCUT2D eigenvalue weighted by Crippen LogP contribution is 2.26. The zero-order valence-corrected chi connectivity index (χ0v) is 17.1. The number of methoxy groups -OCH3 is 1. The lowest BCUT2D eigenvalue weighted by atomic mass is 9.92. The van der Waals surface area contributed by atoms with Crippen molar-refractivity contribution in [1.29, 1.82) is 0 Å². The third kappa shape index (κ3) is 4.99. The number of nitrogens with zero attached hydrogens (tertiary/aromatic N) is 3. The van der Waals surface area contributed by atoms with Crippen molar-refractivity contribution < 1.29 is 13.9 Å². The predicted octanol–water partition coefficient (Wildman–Crippen LogP) is 4.28. The van der Waals surface area contributed by atoms with Crippen LogP contribution >= 0.6 is 0 Å². The lowest BCUT2D eigenvalue weighted by molar-refractivity contribution is -0.116. The minimum atomic E-state index is -0.437. The second-order valence-corrected chi connectivity index (χ2v) is 7.78. The van der Waals surface area contributed by atoms with E-state index in [1.165, 1.54) is 13.2 Å². The zero-order valence-electron chi connectivity index (χ0n) is 17.1. The quantitative estimate of drug-likeness (QED) is 0.675. The molecule has 0 bridgehead atoms. The summed E-state index contributed by atoms with van der Waals surface area (Å²) < 4.78 is 20.4. The molecule has 1 aromatic carbocycles. The molecule has 0 radical (unpaired) electrons. The Hall–Kier alpha value is -3.22. The van der Waals surface area contributed by atoms with Crippen molar-refractivity contribution in [3.8, 4) is 11.6 Å². The van der Waals surface area contributed by atoms with Gasteiger partial charge in [-0.1, -0.05) is 32.9 Å². The van der Waals surface area contributed by atoms with Crippen LogP contribution in [0.25, 0.3) is 5.82 Å². The summed E-state index contributed by atoms with van der Waals surface area (Å²) in [4.78, 5) is 16.9. The molecule has 6 nitrogen and oxygen atoms in total. The average Bonchev–Trinajstić information content (AvgIpc) is 3.11. The van der Waals surface area contributed by atoms with E-state index in [0.29, 0.717) is 18.1 Å². The molecule has 0 saturated heterocycles. The van der Waals surface area contributed by atoms with Crippen LogP contribution in [0, 0.1) is 5.82 Å². The molecule has 0 unspecified atom stereocenters. The molecule has 0 fully saturated rings. The molecule has 0 aliphatic carbocycles. The van der Waals surface area contributed by atoms with E-state index in [0.717, 1.165) is 11.3 Å². The molecule has 1 N–H and O–H groups in total. The van der Waals surface area contributed by atoms with Gasteiger partial charge < -0.3 is 10.1 Å². The number of benzene rings is 1. The minimum Gasteiger partial charge on any atom is -0.494 e. The third-order valence-corrected chi connectivity index (χ3v) is 4.47. The summed E-state index contributed by atoms with van der Waals surface area (Å²) in [5.74, 6) is 0.745. The number of carbonyl (C=O) groups excluding carboxylic acids is 1. The molecule has 3 rings (SSSR count). The van der Waals surface area contributed by atoms with Gasteiger partial charge in [0.25, 0.3) is 0 Å². The Kier molecular flexibility index (Phi) is 5.96. The van der Waals surface area contributed by atoms with E-state index in [9.17, 15) is 9.18 Å². The van der Waals surface area contributed by atoms with Crippen LogP contribution in [0.5, 0.6) is 5.75 Å². The minimum absolute atomic E-state index is 0.180. The molecule has 2 heterocycles. The standard InChI is InChI=1S/C22H25FN4O2/c1-22(2,3)18-14-20(27(26-18)19-7-5-6-12-24-19)25-21(28)11-9-15-8-10-17(29-4)16(23)13-15/h5-8,10,12-14H,9,11H2,1-4H3,(H,25,28). The molecular weight excluding hydrogens is 371 g/mol. The molecule has 0 aliphatic heterocycles. The lowest BCUT2D eigenvalue weighted by Gasteiger charge is -2.13. The Balaban J connectivity index is 1.75. The highest BCUT2D eigenvalue weighted by atomic mass is 19.1. The Morgan fingerprint density at radius 1 is 1.21 bits per heavy atom. The molecule has 0 saturated carbocycles. The number of pyridine rings is 1. The van der Waals surface area contributed by atoms with Gasteiger partial charge in [-0.25, -0.2) is 9.37 Å².